The maximum atomic E-state index is 12.8. The zero-order valence-electron chi connectivity index (χ0n) is 18.2. The van der Waals surface area contributed by atoms with E-state index < -0.39 is 5.97 Å². The van der Waals surface area contributed by atoms with E-state index in [1.165, 1.54) is 33.4 Å². The Balaban J connectivity index is 1.41. The second-order valence-corrected chi connectivity index (χ2v) is 8.67. The van der Waals surface area contributed by atoms with E-state index in [1.54, 1.807) is 10.9 Å². The number of hydrogen-bond donors (Lipinski definition) is 2. The Bertz CT molecular complexity index is 1560. The van der Waals surface area contributed by atoms with E-state index in [0.717, 1.165) is 6.42 Å². The summed E-state index contributed by atoms with van der Waals surface area (Å²) in [5.74, 6) is -0.970. The molecule has 0 spiro atoms. The van der Waals surface area contributed by atoms with E-state index in [0.29, 0.717) is 17.6 Å². The third-order valence-corrected chi connectivity index (χ3v) is 6.01. The minimum atomic E-state index is -1.11. The number of benzene rings is 2. The number of aromatic amines is 1. The summed E-state index contributed by atoms with van der Waals surface area (Å²) >= 11 is 0. The molecule has 3 aromatic heterocycles. The van der Waals surface area contributed by atoms with Crippen molar-refractivity contribution in [3.63, 3.8) is 0 Å². The molecule has 5 rings (SSSR count). The monoisotopic (exact) mass is 442 g/mol. The Hall–Kier alpha value is -4.27. The molecule has 33 heavy (non-hydrogen) atoms. The van der Waals surface area contributed by atoms with Crippen LogP contribution in [0.15, 0.2) is 65.8 Å². The summed E-state index contributed by atoms with van der Waals surface area (Å²) in [5.41, 5.74) is 1.53. The molecule has 0 saturated heterocycles. The van der Waals surface area contributed by atoms with E-state index >= 15 is 0 Å². The van der Waals surface area contributed by atoms with Crippen LogP contribution in [0.2, 0.25) is 0 Å². The van der Waals surface area contributed by atoms with Crippen molar-refractivity contribution in [3.8, 4) is 5.95 Å². The van der Waals surface area contributed by atoms with Gasteiger partial charge in [-0.15, -0.1) is 0 Å². The van der Waals surface area contributed by atoms with Crippen LogP contribution in [0, 0.1) is 0 Å². The maximum Gasteiger partial charge on any atom is 0.338 e. The summed E-state index contributed by atoms with van der Waals surface area (Å²) in [6.45, 7) is 4.90. The first-order chi connectivity index (χ1) is 15.8. The number of carbonyl (C=O) groups is 1. The van der Waals surface area contributed by atoms with Crippen molar-refractivity contribution < 1.29 is 9.90 Å². The number of aromatic nitrogens is 6. The van der Waals surface area contributed by atoms with Crippen molar-refractivity contribution in [2.75, 3.05) is 0 Å². The van der Waals surface area contributed by atoms with E-state index in [9.17, 15) is 9.59 Å². The van der Waals surface area contributed by atoms with Crippen LogP contribution >= 0.6 is 0 Å². The van der Waals surface area contributed by atoms with E-state index in [1.807, 2.05) is 12.1 Å². The largest absolute Gasteiger partial charge is 0.478 e. The summed E-state index contributed by atoms with van der Waals surface area (Å²) in [4.78, 5) is 31.0. The van der Waals surface area contributed by atoms with Gasteiger partial charge in [-0.05, 0) is 28.2 Å². The summed E-state index contributed by atoms with van der Waals surface area (Å²) in [7, 11) is 0. The smallest absolute Gasteiger partial charge is 0.338 e. The summed E-state index contributed by atoms with van der Waals surface area (Å²) in [6, 6.07) is 14.8. The second kappa shape index (κ2) is 7.70. The average molecular weight is 442 g/mol. The molecule has 0 amide bonds. The molecule has 0 unspecified atom stereocenters. The van der Waals surface area contributed by atoms with Crippen LogP contribution in [0.5, 0.6) is 0 Å². The molecule has 3 heterocycles. The third kappa shape index (κ3) is 3.78. The lowest BCUT2D eigenvalue weighted by atomic mass is 9.81. The van der Waals surface area contributed by atoms with Crippen molar-refractivity contribution in [2.45, 2.75) is 32.2 Å². The highest BCUT2D eigenvalue weighted by Gasteiger charge is 2.22. The summed E-state index contributed by atoms with van der Waals surface area (Å²) < 4.78 is 2.89. The van der Waals surface area contributed by atoms with Crippen molar-refractivity contribution in [3.05, 3.63) is 82.5 Å². The van der Waals surface area contributed by atoms with Gasteiger partial charge in [0, 0.05) is 12.7 Å². The Labute approximate surface area is 188 Å². The Morgan fingerprint density at radius 3 is 2.64 bits per heavy atom. The number of hydrogen-bond acceptors (Lipinski definition) is 5. The van der Waals surface area contributed by atoms with Gasteiger partial charge < -0.3 is 5.11 Å². The number of aryl methyl sites for hydroxylation is 1. The van der Waals surface area contributed by atoms with E-state index in [2.05, 4.69) is 64.3 Å². The first-order valence-corrected chi connectivity index (χ1v) is 10.6. The molecule has 0 fully saturated rings. The highest BCUT2D eigenvalue weighted by molar-refractivity contribution is 5.87. The van der Waals surface area contributed by atoms with Gasteiger partial charge in [-0.2, -0.15) is 10.2 Å². The predicted molar refractivity (Wildman–Crippen MR) is 124 cm³/mol. The molecule has 0 aliphatic rings. The predicted octanol–water partition coefficient (Wildman–Crippen LogP) is 3.52. The number of fused-ring (bicyclic) bond motifs is 2. The molecular weight excluding hydrogens is 420 g/mol. The van der Waals surface area contributed by atoms with Crippen LogP contribution in [-0.4, -0.2) is 40.6 Å². The van der Waals surface area contributed by atoms with Gasteiger partial charge in [-0.3, -0.25) is 14.5 Å². The minimum absolute atomic E-state index is 0.00404. The van der Waals surface area contributed by atoms with Crippen LogP contribution in [0.25, 0.3) is 27.8 Å². The molecule has 9 nitrogen and oxygen atoms in total. The molecule has 2 aromatic carbocycles. The number of nitrogens with zero attached hydrogens (tertiary/aromatic N) is 5. The molecule has 2 N–H and O–H groups in total. The van der Waals surface area contributed by atoms with Gasteiger partial charge in [0.1, 0.15) is 5.52 Å². The molecule has 0 saturated carbocycles. The van der Waals surface area contributed by atoms with Gasteiger partial charge in [0.2, 0.25) is 5.95 Å². The van der Waals surface area contributed by atoms with Gasteiger partial charge in [-0.25, -0.2) is 14.5 Å². The van der Waals surface area contributed by atoms with E-state index in [4.69, 9.17) is 5.11 Å². The average Bonchev–Trinajstić information content (AvgIpc) is 3.45. The number of aromatic carboxylic acids is 1. The highest BCUT2D eigenvalue weighted by atomic mass is 16.4. The number of rotatable bonds is 6. The molecule has 0 atom stereocenters. The van der Waals surface area contributed by atoms with Crippen LogP contribution < -0.4 is 5.56 Å². The third-order valence-electron chi connectivity index (χ3n) is 6.01. The first-order valence-electron chi connectivity index (χ1n) is 10.6. The zero-order chi connectivity index (χ0) is 23.2. The van der Waals surface area contributed by atoms with Crippen molar-refractivity contribution in [1.82, 2.24) is 29.5 Å². The fraction of sp³-hybridized carbons (Fsp3) is 0.208. The lowest BCUT2D eigenvalue weighted by Gasteiger charge is -2.26. The summed E-state index contributed by atoms with van der Waals surface area (Å²) in [5, 5.41) is 19.8. The van der Waals surface area contributed by atoms with Crippen molar-refractivity contribution in [1.29, 1.82) is 0 Å². The minimum Gasteiger partial charge on any atom is -0.478 e. The van der Waals surface area contributed by atoms with Crippen LogP contribution in [0.1, 0.15) is 36.2 Å². The number of H-pyrrole nitrogens is 1. The Kier molecular flexibility index (Phi) is 4.81. The first kappa shape index (κ1) is 20.6. The van der Waals surface area contributed by atoms with Gasteiger partial charge in [0.05, 0.1) is 18.0 Å². The highest BCUT2D eigenvalue weighted by Crippen LogP contribution is 2.30. The number of carboxylic acid groups (broad SMARTS) is 1. The molecule has 5 aromatic rings. The van der Waals surface area contributed by atoms with Gasteiger partial charge in [0.15, 0.2) is 5.52 Å². The van der Waals surface area contributed by atoms with Gasteiger partial charge >= 0.3 is 5.97 Å². The van der Waals surface area contributed by atoms with Crippen LogP contribution in [0.3, 0.4) is 0 Å². The van der Waals surface area contributed by atoms with Crippen LogP contribution in [0.4, 0.5) is 0 Å². The fourth-order valence-electron chi connectivity index (χ4n) is 3.96. The standard InChI is InChI=1S/C24H22N6O3/c1-24(2,18-8-7-15-5-3-4-6-16(15)11-18)9-10-29-20-19(13-26-29)27-23(28-21(20)31)30-14-17(12-25-30)22(32)33/h3-8,11-14H,9-10H2,1-2H3,(H,32,33)(H,27,28,31). The SMILES string of the molecule is CC(C)(CCn1ncc2nc(-n3cc(C(=O)O)cn3)[nH]c(=O)c21)c1ccc2ccccc2c1. The topological polar surface area (TPSA) is 119 Å². The molecular formula is C24H22N6O3. The second-order valence-electron chi connectivity index (χ2n) is 8.67. The number of carboxylic acids is 1. The maximum absolute atomic E-state index is 12.8. The molecule has 166 valence electrons. The quantitative estimate of drug-likeness (QED) is 0.415. The normalized spacial score (nSPS) is 11.9. The molecule has 0 bridgehead atoms. The molecule has 0 radical (unpaired) electrons. The van der Waals surface area contributed by atoms with Crippen molar-refractivity contribution in [2.24, 2.45) is 0 Å². The van der Waals surface area contributed by atoms with Crippen LogP contribution in [-0.2, 0) is 12.0 Å². The Morgan fingerprint density at radius 2 is 1.88 bits per heavy atom. The zero-order valence-corrected chi connectivity index (χ0v) is 18.2. The van der Waals surface area contributed by atoms with E-state index in [-0.39, 0.29) is 22.5 Å². The van der Waals surface area contributed by atoms with Gasteiger partial charge in [0.25, 0.3) is 5.56 Å². The van der Waals surface area contributed by atoms with Gasteiger partial charge in [-0.1, -0.05) is 56.3 Å². The molecule has 0 aliphatic heterocycles. The number of nitrogens with one attached hydrogen (secondary N) is 1. The fourth-order valence-corrected chi connectivity index (χ4v) is 3.96. The molecule has 0 aliphatic carbocycles. The summed E-state index contributed by atoms with van der Waals surface area (Å²) in [6.07, 6.45) is 4.80. The molecule has 9 heteroatoms. The van der Waals surface area contributed by atoms with Crippen molar-refractivity contribution >= 4 is 27.8 Å². The Morgan fingerprint density at radius 1 is 1.09 bits per heavy atom. The lowest BCUT2D eigenvalue weighted by molar-refractivity contribution is 0.0697. The lowest BCUT2D eigenvalue weighted by Crippen LogP contribution is -2.22.